The summed E-state index contributed by atoms with van der Waals surface area (Å²) < 4.78 is 5.05. The van der Waals surface area contributed by atoms with Crippen molar-refractivity contribution in [2.45, 2.75) is 26.3 Å². The van der Waals surface area contributed by atoms with E-state index in [-0.39, 0.29) is 11.8 Å². The van der Waals surface area contributed by atoms with E-state index in [4.69, 9.17) is 10.5 Å². The van der Waals surface area contributed by atoms with Gasteiger partial charge in [-0.2, -0.15) is 0 Å². The molecular weight excluding hydrogens is 230 g/mol. The van der Waals surface area contributed by atoms with Crippen LogP contribution in [0, 0.1) is 5.92 Å². The molecule has 0 aromatic carbocycles. The van der Waals surface area contributed by atoms with Gasteiger partial charge in [0.1, 0.15) is 0 Å². The molecule has 1 atom stereocenters. The molecular formula is C13H29N3O2. The fourth-order valence-corrected chi connectivity index (χ4v) is 1.61. The predicted octanol–water partition coefficient (Wildman–Crippen LogP) is 0.396. The highest BCUT2D eigenvalue weighted by Crippen LogP contribution is 2.04. The molecule has 5 heteroatoms. The maximum Gasteiger partial charge on any atom is 0.239 e. The molecule has 0 aliphatic carbocycles. The number of carbonyl (C=O) groups is 1. The summed E-state index contributed by atoms with van der Waals surface area (Å²) >= 11 is 0. The molecule has 5 nitrogen and oxygen atoms in total. The number of nitrogens with two attached hydrogens (primary N) is 1. The summed E-state index contributed by atoms with van der Waals surface area (Å²) in [6, 6.07) is -0.416. The van der Waals surface area contributed by atoms with E-state index in [0.717, 1.165) is 19.5 Å². The fourth-order valence-electron chi connectivity index (χ4n) is 1.61. The Morgan fingerprint density at radius 2 is 1.83 bits per heavy atom. The lowest BCUT2D eigenvalue weighted by atomic mass is 10.0. The topological polar surface area (TPSA) is 58.8 Å². The van der Waals surface area contributed by atoms with Crippen molar-refractivity contribution in [3.05, 3.63) is 0 Å². The van der Waals surface area contributed by atoms with E-state index in [2.05, 4.69) is 4.90 Å². The Kier molecular flexibility index (Phi) is 8.97. The molecule has 0 saturated carbocycles. The Labute approximate surface area is 111 Å². The van der Waals surface area contributed by atoms with Crippen molar-refractivity contribution in [1.82, 2.24) is 9.80 Å². The molecule has 0 bridgehead atoms. The van der Waals surface area contributed by atoms with Crippen LogP contribution in [0.1, 0.15) is 20.3 Å². The van der Waals surface area contributed by atoms with Gasteiger partial charge in [-0.05, 0) is 33.0 Å². The van der Waals surface area contributed by atoms with Gasteiger partial charge in [0, 0.05) is 20.2 Å². The van der Waals surface area contributed by atoms with Crippen molar-refractivity contribution < 1.29 is 9.53 Å². The summed E-state index contributed by atoms with van der Waals surface area (Å²) in [5.74, 6) is 0.192. The molecule has 0 radical (unpaired) electrons. The minimum Gasteiger partial charge on any atom is -0.383 e. The second-order valence-electron chi connectivity index (χ2n) is 5.24. The molecule has 18 heavy (non-hydrogen) atoms. The van der Waals surface area contributed by atoms with Crippen LogP contribution in [0.4, 0.5) is 0 Å². The number of methoxy groups -OCH3 is 1. The van der Waals surface area contributed by atoms with Gasteiger partial charge in [0.15, 0.2) is 0 Å². The number of hydrogen-bond donors (Lipinski definition) is 1. The lowest BCUT2D eigenvalue weighted by Gasteiger charge is -2.27. The highest BCUT2D eigenvalue weighted by atomic mass is 16.5. The van der Waals surface area contributed by atoms with Crippen LogP contribution < -0.4 is 5.73 Å². The predicted molar refractivity (Wildman–Crippen MR) is 74.4 cm³/mol. The van der Waals surface area contributed by atoms with Crippen molar-refractivity contribution >= 4 is 5.91 Å². The molecule has 0 heterocycles. The third kappa shape index (κ3) is 6.93. The van der Waals surface area contributed by atoms with E-state index in [1.165, 1.54) is 0 Å². The minimum absolute atomic E-state index is 0.0285. The Morgan fingerprint density at radius 1 is 1.22 bits per heavy atom. The standard InChI is InChI=1S/C13H29N3O2/c1-11(2)12(14)13(17)16(9-10-18-5)8-6-7-15(3)4/h11-12H,6-10,14H2,1-5H3/t12-/m0/s1. The highest BCUT2D eigenvalue weighted by molar-refractivity contribution is 5.81. The largest absolute Gasteiger partial charge is 0.383 e. The van der Waals surface area contributed by atoms with Gasteiger partial charge in [-0.1, -0.05) is 13.8 Å². The van der Waals surface area contributed by atoms with Gasteiger partial charge in [-0.25, -0.2) is 0 Å². The van der Waals surface area contributed by atoms with Crippen LogP contribution >= 0.6 is 0 Å². The first-order valence-corrected chi connectivity index (χ1v) is 6.58. The summed E-state index contributed by atoms with van der Waals surface area (Å²) in [6.45, 7) is 6.81. The number of carbonyl (C=O) groups excluding carboxylic acids is 1. The van der Waals surface area contributed by atoms with Crippen LogP contribution in [0.3, 0.4) is 0 Å². The number of nitrogens with zero attached hydrogens (tertiary/aromatic N) is 2. The molecule has 0 aromatic heterocycles. The summed E-state index contributed by atoms with van der Waals surface area (Å²) in [4.78, 5) is 16.1. The summed E-state index contributed by atoms with van der Waals surface area (Å²) in [5.41, 5.74) is 5.92. The van der Waals surface area contributed by atoms with Gasteiger partial charge >= 0.3 is 0 Å². The normalized spacial score (nSPS) is 13.1. The van der Waals surface area contributed by atoms with Crippen LogP contribution in [0.5, 0.6) is 0 Å². The maximum atomic E-state index is 12.2. The lowest BCUT2D eigenvalue weighted by Crippen LogP contribution is -2.48. The average Bonchev–Trinajstić information content (AvgIpc) is 2.31. The van der Waals surface area contributed by atoms with E-state index in [1.807, 2.05) is 32.8 Å². The first-order chi connectivity index (χ1) is 8.40. The molecule has 0 aromatic rings. The van der Waals surface area contributed by atoms with Crippen LogP contribution in [0.15, 0.2) is 0 Å². The van der Waals surface area contributed by atoms with Gasteiger partial charge < -0.3 is 20.3 Å². The molecule has 0 fully saturated rings. The number of amides is 1. The fraction of sp³-hybridized carbons (Fsp3) is 0.923. The van der Waals surface area contributed by atoms with E-state index in [0.29, 0.717) is 13.2 Å². The summed E-state index contributed by atoms with van der Waals surface area (Å²) in [6.07, 6.45) is 0.952. The van der Waals surface area contributed by atoms with Crippen molar-refractivity contribution in [1.29, 1.82) is 0 Å². The average molecular weight is 259 g/mol. The van der Waals surface area contributed by atoms with Crippen molar-refractivity contribution in [3.63, 3.8) is 0 Å². The summed E-state index contributed by atoms with van der Waals surface area (Å²) in [7, 11) is 5.70. The molecule has 108 valence electrons. The maximum absolute atomic E-state index is 12.2. The molecule has 1 amide bonds. The van der Waals surface area contributed by atoms with Crippen molar-refractivity contribution in [3.8, 4) is 0 Å². The SMILES string of the molecule is COCCN(CCCN(C)C)C(=O)[C@@H](N)C(C)C. The monoisotopic (exact) mass is 259 g/mol. The van der Waals surface area contributed by atoms with Crippen LogP contribution in [-0.2, 0) is 9.53 Å². The molecule has 0 saturated heterocycles. The van der Waals surface area contributed by atoms with E-state index < -0.39 is 6.04 Å². The third-order valence-corrected chi connectivity index (χ3v) is 2.91. The van der Waals surface area contributed by atoms with Gasteiger partial charge in [-0.3, -0.25) is 4.79 Å². The van der Waals surface area contributed by atoms with E-state index in [1.54, 1.807) is 7.11 Å². The second kappa shape index (κ2) is 9.30. The number of hydrogen-bond acceptors (Lipinski definition) is 4. The zero-order valence-corrected chi connectivity index (χ0v) is 12.5. The highest BCUT2D eigenvalue weighted by Gasteiger charge is 2.22. The molecule has 0 unspecified atom stereocenters. The molecule has 0 aliphatic rings. The molecule has 0 spiro atoms. The van der Waals surface area contributed by atoms with E-state index in [9.17, 15) is 4.79 Å². The van der Waals surface area contributed by atoms with Gasteiger partial charge in [-0.15, -0.1) is 0 Å². The zero-order valence-electron chi connectivity index (χ0n) is 12.5. The van der Waals surface area contributed by atoms with Gasteiger partial charge in [0.05, 0.1) is 12.6 Å². The van der Waals surface area contributed by atoms with Crippen LogP contribution in [0.2, 0.25) is 0 Å². The first-order valence-electron chi connectivity index (χ1n) is 6.58. The molecule has 0 aliphatic heterocycles. The second-order valence-corrected chi connectivity index (χ2v) is 5.24. The minimum atomic E-state index is -0.416. The van der Waals surface area contributed by atoms with Crippen molar-refractivity contribution in [2.24, 2.45) is 11.7 Å². The van der Waals surface area contributed by atoms with Crippen molar-refractivity contribution in [2.75, 3.05) is 47.4 Å². The smallest absolute Gasteiger partial charge is 0.239 e. The van der Waals surface area contributed by atoms with Crippen LogP contribution in [0.25, 0.3) is 0 Å². The quantitative estimate of drug-likeness (QED) is 0.651. The Balaban J connectivity index is 4.32. The third-order valence-electron chi connectivity index (χ3n) is 2.91. The first kappa shape index (κ1) is 17.4. The zero-order chi connectivity index (χ0) is 14.1. The van der Waals surface area contributed by atoms with Gasteiger partial charge in [0.2, 0.25) is 5.91 Å². The van der Waals surface area contributed by atoms with E-state index >= 15 is 0 Å². The Morgan fingerprint density at radius 3 is 2.28 bits per heavy atom. The number of ether oxygens (including phenoxy) is 1. The summed E-state index contributed by atoms with van der Waals surface area (Å²) in [5, 5.41) is 0. The molecule has 2 N–H and O–H groups in total. The Hall–Kier alpha value is -0.650. The van der Waals surface area contributed by atoms with Gasteiger partial charge in [0.25, 0.3) is 0 Å². The lowest BCUT2D eigenvalue weighted by molar-refractivity contribution is -0.134. The Bertz CT molecular complexity index is 232. The van der Waals surface area contributed by atoms with Crippen LogP contribution in [-0.4, -0.2) is 69.2 Å². The molecule has 0 rings (SSSR count). The number of rotatable bonds is 9.